The third-order valence-corrected chi connectivity index (χ3v) is 3.59. The molecule has 17 heavy (non-hydrogen) atoms. The third kappa shape index (κ3) is 2.42. The van der Waals surface area contributed by atoms with Gasteiger partial charge in [-0.25, -0.2) is 5.43 Å². The second kappa shape index (κ2) is 4.77. The van der Waals surface area contributed by atoms with Crippen molar-refractivity contribution in [3.63, 3.8) is 0 Å². The minimum Gasteiger partial charge on any atom is -0.324 e. The molecule has 1 aromatic rings. The molecule has 0 bridgehead atoms. The van der Waals surface area contributed by atoms with Crippen molar-refractivity contribution in [2.45, 2.75) is 17.1 Å². The van der Waals surface area contributed by atoms with Crippen molar-refractivity contribution in [3.05, 3.63) is 23.8 Å². The van der Waals surface area contributed by atoms with Crippen LogP contribution < -0.4 is 16.2 Å². The highest BCUT2D eigenvalue weighted by atomic mass is 32.2. The van der Waals surface area contributed by atoms with Gasteiger partial charge in [0.25, 0.3) is 5.91 Å². The number of thioether (sulfide) groups is 1. The van der Waals surface area contributed by atoms with E-state index in [1.165, 1.54) is 11.8 Å². The van der Waals surface area contributed by atoms with Crippen LogP contribution in [-0.4, -0.2) is 24.1 Å². The molecule has 0 fully saturated rings. The molecular weight excluding hydrogens is 238 g/mol. The number of fused-ring (bicyclic) bond motifs is 1. The zero-order valence-corrected chi connectivity index (χ0v) is 10.4. The molecule has 1 aromatic carbocycles. The van der Waals surface area contributed by atoms with Crippen molar-refractivity contribution in [3.8, 4) is 0 Å². The largest absolute Gasteiger partial charge is 0.324 e. The van der Waals surface area contributed by atoms with Gasteiger partial charge in [-0.15, -0.1) is 11.8 Å². The number of amides is 2. The van der Waals surface area contributed by atoms with Crippen LogP contribution >= 0.6 is 11.8 Å². The molecule has 0 aromatic heterocycles. The summed E-state index contributed by atoms with van der Waals surface area (Å²) in [5, 5.41) is 2.69. The van der Waals surface area contributed by atoms with Crippen molar-refractivity contribution in [1.29, 1.82) is 0 Å². The topological polar surface area (TPSA) is 70.2 Å². The van der Waals surface area contributed by atoms with Gasteiger partial charge < -0.3 is 5.32 Å². The summed E-state index contributed by atoms with van der Waals surface area (Å²) in [7, 11) is 1.62. The summed E-state index contributed by atoms with van der Waals surface area (Å²) in [6.45, 7) is 1.85. The summed E-state index contributed by atoms with van der Waals surface area (Å²) in [5.74, 6) is -0.262. The van der Waals surface area contributed by atoms with Gasteiger partial charge in [0, 0.05) is 17.5 Å². The zero-order chi connectivity index (χ0) is 12.4. The van der Waals surface area contributed by atoms with Gasteiger partial charge in [-0.1, -0.05) is 0 Å². The molecular formula is C11H13N3O2S. The molecule has 90 valence electrons. The number of carbonyl (C=O) groups is 2. The lowest BCUT2D eigenvalue weighted by Gasteiger charge is -2.21. The Labute approximate surface area is 103 Å². The maximum Gasteiger partial charge on any atom is 0.265 e. The number of hydrogen-bond donors (Lipinski definition) is 3. The van der Waals surface area contributed by atoms with Gasteiger partial charge in [0.15, 0.2) is 0 Å². The average molecular weight is 251 g/mol. The molecule has 6 heteroatoms. The molecule has 1 atom stereocenters. The third-order valence-electron chi connectivity index (χ3n) is 2.41. The molecule has 0 aliphatic carbocycles. The first kappa shape index (κ1) is 11.9. The van der Waals surface area contributed by atoms with Crippen LogP contribution in [0.25, 0.3) is 0 Å². The fraction of sp³-hybridized carbons (Fsp3) is 0.273. The van der Waals surface area contributed by atoms with Crippen LogP contribution in [0, 0.1) is 0 Å². The summed E-state index contributed by atoms with van der Waals surface area (Å²) < 4.78 is 0. The molecule has 0 spiro atoms. The quantitative estimate of drug-likeness (QED) is 0.685. The van der Waals surface area contributed by atoms with E-state index in [0.29, 0.717) is 11.3 Å². The molecule has 2 amide bonds. The molecule has 0 radical (unpaired) electrons. The lowest BCUT2D eigenvalue weighted by molar-refractivity contribution is -0.115. The van der Waals surface area contributed by atoms with E-state index in [4.69, 9.17) is 0 Å². The van der Waals surface area contributed by atoms with Gasteiger partial charge in [0.05, 0.1) is 10.9 Å². The van der Waals surface area contributed by atoms with E-state index in [1.807, 2.05) is 13.0 Å². The number of benzene rings is 1. The number of hydrogen-bond acceptors (Lipinski definition) is 4. The summed E-state index contributed by atoms with van der Waals surface area (Å²) in [5.41, 5.74) is 6.25. The van der Waals surface area contributed by atoms with E-state index in [1.54, 1.807) is 19.2 Å². The predicted molar refractivity (Wildman–Crippen MR) is 66.9 cm³/mol. The van der Waals surface area contributed by atoms with E-state index in [-0.39, 0.29) is 17.1 Å². The van der Waals surface area contributed by atoms with Crippen molar-refractivity contribution in [2.75, 3.05) is 12.4 Å². The molecule has 3 N–H and O–H groups in total. The van der Waals surface area contributed by atoms with Gasteiger partial charge in [0.2, 0.25) is 5.91 Å². The predicted octanol–water partition coefficient (Wildman–Crippen LogP) is 0.983. The highest BCUT2D eigenvalue weighted by Gasteiger charge is 2.23. The number of nitrogens with one attached hydrogen (secondary N) is 3. The molecule has 2 rings (SSSR count). The second-order valence-electron chi connectivity index (χ2n) is 3.66. The molecule has 5 nitrogen and oxygen atoms in total. The number of anilines is 1. The lowest BCUT2D eigenvalue weighted by Crippen LogP contribution is -2.34. The number of carbonyl (C=O) groups excluding carboxylic acids is 2. The molecule has 1 aliphatic rings. The minimum atomic E-state index is -0.229. The van der Waals surface area contributed by atoms with E-state index in [2.05, 4.69) is 16.2 Å². The number of hydrazine groups is 1. The Morgan fingerprint density at radius 1 is 1.47 bits per heavy atom. The highest BCUT2D eigenvalue weighted by molar-refractivity contribution is 8.00. The first-order chi connectivity index (χ1) is 8.11. The van der Waals surface area contributed by atoms with Crippen LogP contribution in [0.3, 0.4) is 0 Å². The summed E-state index contributed by atoms with van der Waals surface area (Å²) in [4.78, 5) is 24.1. The normalized spacial score (nSPS) is 18.2. The first-order valence-electron chi connectivity index (χ1n) is 5.20. The van der Waals surface area contributed by atoms with Crippen molar-refractivity contribution in [2.24, 2.45) is 0 Å². The van der Waals surface area contributed by atoms with Crippen LogP contribution in [0.2, 0.25) is 0 Å². The van der Waals surface area contributed by atoms with Crippen LogP contribution in [0.15, 0.2) is 23.1 Å². The van der Waals surface area contributed by atoms with Crippen LogP contribution in [0.5, 0.6) is 0 Å². The fourth-order valence-electron chi connectivity index (χ4n) is 1.54. The van der Waals surface area contributed by atoms with Gasteiger partial charge in [-0.2, -0.15) is 0 Å². The fourth-order valence-corrected chi connectivity index (χ4v) is 2.47. The Kier molecular flexibility index (Phi) is 3.35. The average Bonchev–Trinajstić information content (AvgIpc) is 2.30. The van der Waals surface area contributed by atoms with E-state index < -0.39 is 0 Å². The maximum absolute atomic E-state index is 11.6. The van der Waals surface area contributed by atoms with E-state index in [9.17, 15) is 9.59 Å². The van der Waals surface area contributed by atoms with Crippen LogP contribution in [0.4, 0.5) is 5.69 Å². The number of rotatable bonds is 2. The Balaban J connectivity index is 2.28. The van der Waals surface area contributed by atoms with Gasteiger partial charge in [-0.3, -0.25) is 15.0 Å². The van der Waals surface area contributed by atoms with Crippen molar-refractivity contribution >= 4 is 29.3 Å². The lowest BCUT2D eigenvalue weighted by atomic mass is 10.2. The Hall–Kier alpha value is -1.53. The molecule has 1 unspecified atom stereocenters. The first-order valence-corrected chi connectivity index (χ1v) is 6.08. The summed E-state index contributed by atoms with van der Waals surface area (Å²) >= 11 is 1.49. The Morgan fingerprint density at radius 3 is 2.94 bits per heavy atom. The van der Waals surface area contributed by atoms with E-state index >= 15 is 0 Å². The molecule has 0 saturated heterocycles. The maximum atomic E-state index is 11.6. The zero-order valence-electron chi connectivity index (χ0n) is 9.53. The smallest absolute Gasteiger partial charge is 0.265 e. The molecule has 0 saturated carbocycles. The second-order valence-corrected chi connectivity index (χ2v) is 5.05. The van der Waals surface area contributed by atoms with Gasteiger partial charge in [-0.05, 0) is 25.1 Å². The minimum absolute atomic E-state index is 0.0336. The molecule has 1 heterocycles. The highest BCUT2D eigenvalue weighted by Crippen LogP contribution is 2.35. The van der Waals surface area contributed by atoms with Crippen molar-refractivity contribution < 1.29 is 9.59 Å². The standard InChI is InChI=1S/C11H13N3O2S/c1-6-10(15)13-8-5-7(11(16)14-12-2)3-4-9(8)17-6/h3-6,12H,1-2H3,(H,13,15)(H,14,16). The van der Waals surface area contributed by atoms with Crippen molar-refractivity contribution in [1.82, 2.24) is 10.9 Å². The SMILES string of the molecule is CNNC(=O)c1ccc2c(c1)NC(=O)C(C)S2. The molecule has 1 aliphatic heterocycles. The summed E-state index contributed by atoms with van der Waals surface area (Å²) in [6, 6.07) is 5.27. The Bertz CT molecular complexity index is 476. The van der Waals surface area contributed by atoms with Crippen LogP contribution in [0.1, 0.15) is 17.3 Å². The van der Waals surface area contributed by atoms with Gasteiger partial charge >= 0.3 is 0 Å². The summed E-state index contributed by atoms with van der Waals surface area (Å²) in [6.07, 6.45) is 0. The Morgan fingerprint density at radius 2 is 2.24 bits per heavy atom. The van der Waals surface area contributed by atoms with E-state index in [0.717, 1.165) is 4.90 Å². The van der Waals surface area contributed by atoms with Crippen LogP contribution in [-0.2, 0) is 4.79 Å². The monoisotopic (exact) mass is 251 g/mol. The van der Waals surface area contributed by atoms with Gasteiger partial charge in [0.1, 0.15) is 0 Å².